The summed E-state index contributed by atoms with van der Waals surface area (Å²) >= 11 is 0. The maximum Gasteiger partial charge on any atom is 0.397 e. The van der Waals surface area contributed by atoms with Gasteiger partial charge in [0.15, 0.2) is 0 Å². The Labute approximate surface area is 85.5 Å². The minimum absolute atomic E-state index is 0.171. The third-order valence-corrected chi connectivity index (χ3v) is 2.19. The summed E-state index contributed by atoms with van der Waals surface area (Å²) in [7, 11) is 0. The van der Waals surface area contributed by atoms with Crippen molar-refractivity contribution in [1.29, 1.82) is 0 Å². The molecule has 0 saturated carbocycles. The molecule has 3 N–H and O–H groups in total. The van der Waals surface area contributed by atoms with Crippen LogP contribution >= 0.6 is 0 Å². The van der Waals surface area contributed by atoms with Gasteiger partial charge in [0.25, 0.3) is 0 Å². The summed E-state index contributed by atoms with van der Waals surface area (Å²) in [5, 5.41) is 9.40. The van der Waals surface area contributed by atoms with Crippen LogP contribution in [0.3, 0.4) is 0 Å². The van der Waals surface area contributed by atoms with E-state index in [1.165, 1.54) is 18.2 Å². The Balaban J connectivity index is 3.13. The number of hydrogen-bond donors (Lipinski definition) is 2. The van der Waals surface area contributed by atoms with Gasteiger partial charge in [-0.05, 0) is 18.6 Å². The Kier molecular flexibility index (Phi) is 3.24. The molecule has 5 heteroatoms. The van der Waals surface area contributed by atoms with E-state index in [0.29, 0.717) is 5.56 Å². The summed E-state index contributed by atoms with van der Waals surface area (Å²) in [6.07, 6.45) is -4.43. The third-order valence-electron chi connectivity index (χ3n) is 2.19. The molecule has 0 fully saturated rings. The molecule has 0 spiro atoms. The Bertz CT molecular complexity index is 349. The van der Waals surface area contributed by atoms with Crippen molar-refractivity contribution in [3.05, 3.63) is 29.3 Å². The average molecular weight is 219 g/mol. The Hall–Kier alpha value is -1.23. The van der Waals surface area contributed by atoms with Gasteiger partial charge in [0, 0.05) is 12.1 Å². The SMILES string of the molecule is Cc1ccc(C(CN)C(F)(F)F)c(O)c1. The summed E-state index contributed by atoms with van der Waals surface area (Å²) in [5.41, 5.74) is 5.60. The van der Waals surface area contributed by atoms with Crippen LogP contribution in [0.25, 0.3) is 0 Å². The first-order valence-electron chi connectivity index (χ1n) is 4.42. The summed E-state index contributed by atoms with van der Waals surface area (Å²) < 4.78 is 37.5. The first kappa shape index (κ1) is 11.8. The first-order valence-corrected chi connectivity index (χ1v) is 4.42. The normalized spacial score (nSPS) is 13.9. The highest BCUT2D eigenvalue weighted by Crippen LogP contribution is 2.38. The molecule has 1 aromatic carbocycles. The lowest BCUT2D eigenvalue weighted by atomic mass is 9.96. The molecule has 0 bridgehead atoms. The predicted octanol–water partition coefficient (Wildman–Crippen LogP) is 2.31. The molecular formula is C10H12F3NO. The number of nitrogens with two attached hydrogens (primary N) is 1. The van der Waals surface area contributed by atoms with Crippen molar-refractivity contribution in [1.82, 2.24) is 0 Å². The molecule has 1 unspecified atom stereocenters. The smallest absolute Gasteiger partial charge is 0.397 e. The molecule has 0 heterocycles. The molecule has 0 aliphatic rings. The first-order chi connectivity index (χ1) is 6.86. The van der Waals surface area contributed by atoms with E-state index in [-0.39, 0.29) is 11.3 Å². The quantitative estimate of drug-likeness (QED) is 0.801. The number of benzene rings is 1. The fourth-order valence-corrected chi connectivity index (χ4v) is 1.39. The Morgan fingerprint density at radius 2 is 2.00 bits per heavy atom. The molecule has 0 aliphatic heterocycles. The van der Waals surface area contributed by atoms with Crippen molar-refractivity contribution in [2.24, 2.45) is 5.73 Å². The topological polar surface area (TPSA) is 46.2 Å². The van der Waals surface area contributed by atoms with Crippen LogP contribution in [0.4, 0.5) is 13.2 Å². The molecular weight excluding hydrogens is 207 g/mol. The summed E-state index contributed by atoms with van der Waals surface area (Å²) in [6.45, 7) is 1.12. The number of phenols is 1. The lowest BCUT2D eigenvalue weighted by Crippen LogP contribution is -2.28. The van der Waals surface area contributed by atoms with E-state index in [0.717, 1.165) is 0 Å². The second kappa shape index (κ2) is 4.10. The molecule has 0 radical (unpaired) electrons. The predicted molar refractivity (Wildman–Crippen MR) is 50.7 cm³/mol. The molecule has 0 saturated heterocycles. The molecule has 84 valence electrons. The van der Waals surface area contributed by atoms with E-state index in [2.05, 4.69) is 0 Å². The van der Waals surface area contributed by atoms with Crippen LogP contribution in [-0.4, -0.2) is 17.8 Å². The van der Waals surface area contributed by atoms with E-state index < -0.39 is 18.6 Å². The van der Waals surface area contributed by atoms with Gasteiger partial charge in [0.2, 0.25) is 0 Å². The van der Waals surface area contributed by atoms with Gasteiger partial charge >= 0.3 is 6.18 Å². The molecule has 2 nitrogen and oxygen atoms in total. The highest BCUT2D eigenvalue weighted by Gasteiger charge is 2.40. The van der Waals surface area contributed by atoms with Crippen molar-refractivity contribution in [3.8, 4) is 5.75 Å². The zero-order valence-electron chi connectivity index (χ0n) is 8.17. The van der Waals surface area contributed by atoms with E-state index in [4.69, 9.17) is 5.73 Å². The largest absolute Gasteiger partial charge is 0.508 e. The second-order valence-corrected chi connectivity index (χ2v) is 3.39. The number of alkyl halides is 3. The number of aryl methyl sites for hydroxylation is 1. The van der Waals surface area contributed by atoms with Gasteiger partial charge in [-0.25, -0.2) is 0 Å². The molecule has 1 atom stereocenters. The van der Waals surface area contributed by atoms with Crippen molar-refractivity contribution in [2.75, 3.05) is 6.54 Å². The molecule has 0 amide bonds. The lowest BCUT2D eigenvalue weighted by Gasteiger charge is -2.19. The molecule has 1 rings (SSSR count). The zero-order chi connectivity index (χ0) is 11.6. The number of halogens is 3. The number of aromatic hydroxyl groups is 1. The summed E-state index contributed by atoms with van der Waals surface area (Å²) in [4.78, 5) is 0. The van der Waals surface area contributed by atoms with Crippen LogP contribution in [-0.2, 0) is 0 Å². The Morgan fingerprint density at radius 3 is 2.40 bits per heavy atom. The lowest BCUT2D eigenvalue weighted by molar-refractivity contribution is -0.148. The molecule has 0 aromatic heterocycles. The summed E-state index contributed by atoms with van der Waals surface area (Å²) in [6, 6.07) is 4.07. The zero-order valence-corrected chi connectivity index (χ0v) is 8.17. The van der Waals surface area contributed by atoms with Crippen molar-refractivity contribution in [2.45, 2.75) is 19.0 Å². The van der Waals surface area contributed by atoms with Crippen LogP contribution in [0.1, 0.15) is 17.0 Å². The second-order valence-electron chi connectivity index (χ2n) is 3.39. The van der Waals surface area contributed by atoms with Gasteiger partial charge in [-0.1, -0.05) is 12.1 Å². The van der Waals surface area contributed by atoms with Gasteiger partial charge < -0.3 is 10.8 Å². The van der Waals surface area contributed by atoms with E-state index in [1.54, 1.807) is 6.92 Å². The van der Waals surface area contributed by atoms with E-state index in [1.807, 2.05) is 0 Å². The van der Waals surface area contributed by atoms with Gasteiger partial charge in [0.1, 0.15) is 5.75 Å². The highest BCUT2D eigenvalue weighted by atomic mass is 19.4. The van der Waals surface area contributed by atoms with Crippen molar-refractivity contribution in [3.63, 3.8) is 0 Å². The Morgan fingerprint density at radius 1 is 1.40 bits per heavy atom. The highest BCUT2D eigenvalue weighted by molar-refractivity contribution is 5.39. The molecule has 1 aromatic rings. The minimum atomic E-state index is -4.43. The van der Waals surface area contributed by atoms with Crippen LogP contribution in [0.15, 0.2) is 18.2 Å². The fraction of sp³-hybridized carbons (Fsp3) is 0.400. The molecule has 15 heavy (non-hydrogen) atoms. The van der Waals surface area contributed by atoms with Crippen LogP contribution < -0.4 is 5.73 Å². The van der Waals surface area contributed by atoms with Crippen LogP contribution in [0.2, 0.25) is 0 Å². The van der Waals surface area contributed by atoms with Crippen molar-refractivity contribution < 1.29 is 18.3 Å². The fourth-order valence-electron chi connectivity index (χ4n) is 1.39. The number of phenolic OH excluding ortho intramolecular Hbond substituents is 1. The van der Waals surface area contributed by atoms with Crippen molar-refractivity contribution >= 4 is 0 Å². The summed E-state index contributed by atoms with van der Waals surface area (Å²) in [5.74, 6) is -2.17. The van der Waals surface area contributed by atoms with Gasteiger partial charge in [-0.2, -0.15) is 13.2 Å². The standard InChI is InChI=1S/C10H12F3NO/c1-6-2-3-7(9(15)4-6)8(5-14)10(11,12)13/h2-4,8,15H,5,14H2,1H3. The van der Waals surface area contributed by atoms with Gasteiger partial charge in [0.05, 0.1) is 5.92 Å². The maximum atomic E-state index is 12.5. The maximum absolute atomic E-state index is 12.5. The van der Waals surface area contributed by atoms with Crippen LogP contribution in [0, 0.1) is 6.92 Å². The van der Waals surface area contributed by atoms with E-state index in [9.17, 15) is 18.3 Å². The van der Waals surface area contributed by atoms with Crippen LogP contribution in [0.5, 0.6) is 5.75 Å². The third kappa shape index (κ3) is 2.62. The number of rotatable bonds is 2. The minimum Gasteiger partial charge on any atom is -0.508 e. The number of hydrogen-bond acceptors (Lipinski definition) is 2. The van der Waals surface area contributed by atoms with Gasteiger partial charge in [-0.3, -0.25) is 0 Å². The van der Waals surface area contributed by atoms with E-state index >= 15 is 0 Å². The molecule has 0 aliphatic carbocycles. The average Bonchev–Trinajstić information content (AvgIpc) is 2.07. The monoisotopic (exact) mass is 219 g/mol. The van der Waals surface area contributed by atoms with Gasteiger partial charge in [-0.15, -0.1) is 0 Å².